The van der Waals surface area contributed by atoms with Crippen molar-refractivity contribution >= 4 is 17.7 Å². The molecule has 0 aliphatic heterocycles. The van der Waals surface area contributed by atoms with Crippen molar-refractivity contribution in [3.63, 3.8) is 0 Å². The zero-order chi connectivity index (χ0) is 9.35. The molecule has 0 atom stereocenters. The van der Waals surface area contributed by atoms with Crippen molar-refractivity contribution in [2.75, 3.05) is 0 Å². The quantitative estimate of drug-likeness (QED) is 0.624. The first-order valence-corrected chi connectivity index (χ1v) is 11.3. The summed E-state index contributed by atoms with van der Waals surface area (Å²) in [5.41, 5.74) is 1.19. The van der Waals surface area contributed by atoms with Gasteiger partial charge in [0.1, 0.15) is 0 Å². The van der Waals surface area contributed by atoms with Crippen LogP contribution in [0, 0.1) is 6.92 Å². The van der Waals surface area contributed by atoms with Gasteiger partial charge >= 0.3 is 73.0 Å². The summed E-state index contributed by atoms with van der Waals surface area (Å²) >= 11 is -1.77. The van der Waals surface area contributed by atoms with E-state index in [-0.39, 0.29) is 0 Å². The molecular weight excluding hydrogens is 193 g/mol. The summed E-state index contributed by atoms with van der Waals surface area (Å²) in [6.45, 7) is 2.04. The summed E-state index contributed by atoms with van der Waals surface area (Å²) < 4.78 is 9.12. The van der Waals surface area contributed by atoms with Crippen molar-refractivity contribution < 1.29 is 1.37 Å². The third-order valence-corrected chi connectivity index (χ3v) is 5.82. The Morgan fingerprint density at radius 1 is 1.18 bits per heavy atom. The molecule has 0 saturated heterocycles. The maximum absolute atomic E-state index is 7.81. The van der Waals surface area contributed by atoms with Crippen molar-refractivity contribution in [3.05, 3.63) is 29.8 Å². The number of hydrogen-bond donors (Lipinski definition) is 0. The fourth-order valence-electron chi connectivity index (χ4n) is 0.969. The van der Waals surface area contributed by atoms with Crippen LogP contribution >= 0.6 is 0 Å². The van der Waals surface area contributed by atoms with Crippen LogP contribution in [0.15, 0.2) is 24.2 Å². The molecule has 0 amide bonds. The van der Waals surface area contributed by atoms with Crippen LogP contribution < -0.4 is 4.40 Å². The molecular formula is C10H16Ge. The van der Waals surface area contributed by atoms with Crippen LogP contribution in [0.25, 0.3) is 0 Å². The number of rotatable bonds is 1. The Morgan fingerprint density at radius 2 is 1.82 bits per heavy atom. The molecule has 0 nitrogen and oxygen atoms in total. The van der Waals surface area contributed by atoms with Gasteiger partial charge in [-0.1, -0.05) is 0 Å². The van der Waals surface area contributed by atoms with Crippen LogP contribution in [0.5, 0.6) is 0 Å². The monoisotopic (exact) mass is 211 g/mol. The fraction of sp³-hybridized carbons (Fsp3) is 0.400. The molecule has 1 heteroatoms. The van der Waals surface area contributed by atoms with Crippen LogP contribution in [-0.2, 0) is 0 Å². The first-order valence-electron chi connectivity index (χ1n) is 4.49. The predicted molar refractivity (Wildman–Crippen MR) is 54.2 cm³/mol. The van der Waals surface area contributed by atoms with Gasteiger partial charge in [-0.3, -0.25) is 0 Å². The molecule has 1 aromatic rings. The molecule has 0 N–H and O–H groups in total. The van der Waals surface area contributed by atoms with Crippen molar-refractivity contribution in [3.8, 4) is 0 Å². The molecule has 0 fully saturated rings. The van der Waals surface area contributed by atoms with Crippen molar-refractivity contribution in [2.24, 2.45) is 0 Å². The van der Waals surface area contributed by atoms with E-state index >= 15 is 0 Å². The van der Waals surface area contributed by atoms with Gasteiger partial charge in [-0.25, -0.2) is 0 Å². The second kappa shape index (κ2) is 3.02. The van der Waals surface area contributed by atoms with Gasteiger partial charge in [0.25, 0.3) is 0 Å². The molecule has 0 unspecified atom stereocenters. The van der Waals surface area contributed by atoms with Crippen LogP contribution in [0.4, 0.5) is 0 Å². The summed E-state index contributed by atoms with van der Waals surface area (Å²) in [5, 5.41) is 0. The Labute approximate surface area is 73.4 Å². The van der Waals surface area contributed by atoms with E-state index in [2.05, 4.69) is 29.4 Å². The first kappa shape index (κ1) is 7.41. The van der Waals surface area contributed by atoms with Crippen molar-refractivity contribution in [2.45, 2.75) is 24.2 Å². The molecule has 0 aliphatic carbocycles. The normalized spacial score (nSPS) is 12.9. The van der Waals surface area contributed by atoms with Crippen molar-refractivity contribution in [1.29, 1.82) is 0 Å². The standard InChI is InChI=1S/C10H16Ge/c1-9-5-7-10(8-6-9)11(2,3)4/h5-8H,1-4H3/i7D. The molecule has 0 heterocycles. The average molecular weight is 210 g/mol. The third-order valence-electron chi connectivity index (χ3n) is 1.78. The third kappa shape index (κ3) is 2.37. The molecule has 60 valence electrons. The Kier molecular flexibility index (Phi) is 2.03. The van der Waals surface area contributed by atoms with Gasteiger partial charge in [0, 0.05) is 0 Å². The fourth-order valence-corrected chi connectivity index (χ4v) is 3.25. The molecule has 0 aromatic heterocycles. The van der Waals surface area contributed by atoms with Gasteiger partial charge in [0.2, 0.25) is 0 Å². The Hall–Kier alpha value is -0.237. The zero-order valence-electron chi connectivity index (χ0n) is 8.73. The van der Waals surface area contributed by atoms with Crippen LogP contribution in [0.1, 0.15) is 6.93 Å². The minimum absolute atomic E-state index is 0.738. The molecule has 0 bridgehead atoms. The van der Waals surface area contributed by atoms with Crippen LogP contribution in [0.3, 0.4) is 0 Å². The summed E-state index contributed by atoms with van der Waals surface area (Å²) in [6, 6.07) is 6.95. The molecule has 1 aromatic carbocycles. The van der Waals surface area contributed by atoms with E-state index in [4.69, 9.17) is 1.37 Å². The van der Waals surface area contributed by atoms with Crippen LogP contribution in [-0.4, -0.2) is 13.3 Å². The Bertz CT molecular complexity index is 286. The Balaban J connectivity index is 3.19. The minimum atomic E-state index is -1.77. The average Bonchev–Trinajstić information content (AvgIpc) is 1.83. The molecule has 0 saturated carbocycles. The summed E-state index contributed by atoms with van der Waals surface area (Å²) in [6.07, 6.45) is 0. The Morgan fingerprint density at radius 3 is 2.27 bits per heavy atom. The summed E-state index contributed by atoms with van der Waals surface area (Å²) in [4.78, 5) is 0. The number of hydrogen-bond acceptors (Lipinski definition) is 0. The van der Waals surface area contributed by atoms with Gasteiger partial charge in [-0.05, 0) is 0 Å². The summed E-state index contributed by atoms with van der Waals surface area (Å²) in [5.74, 6) is 6.97. The van der Waals surface area contributed by atoms with Crippen molar-refractivity contribution in [1.82, 2.24) is 0 Å². The number of benzene rings is 1. The maximum atomic E-state index is 7.81. The molecule has 0 aliphatic rings. The zero-order valence-corrected chi connectivity index (χ0v) is 9.83. The van der Waals surface area contributed by atoms with Gasteiger partial charge in [-0.15, -0.1) is 0 Å². The SMILES string of the molecule is [2H]c1cc(C)cc[c]1[Ge]([CH3])([CH3])[CH3]. The van der Waals surface area contributed by atoms with E-state index in [0.29, 0.717) is 0 Å². The molecule has 0 radical (unpaired) electrons. The van der Waals surface area contributed by atoms with Crippen LogP contribution in [0.2, 0.25) is 17.3 Å². The molecule has 11 heavy (non-hydrogen) atoms. The van der Waals surface area contributed by atoms with Gasteiger partial charge in [0.05, 0.1) is 0 Å². The predicted octanol–water partition coefficient (Wildman–Crippen LogP) is 2.54. The molecule has 0 spiro atoms. The van der Waals surface area contributed by atoms with E-state index in [0.717, 1.165) is 6.04 Å². The summed E-state index contributed by atoms with van der Waals surface area (Å²) in [7, 11) is 0. The number of aryl methyl sites for hydroxylation is 1. The second-order valence-electron chi connectivity index (χ2n) is 4.03. The topological polar surface area (TPSA) is 0 Å². The van der Waals surface area contributed by atoms with E-state index in [9.17, 15) is 0 Å². The van der Waals surface area contributed by atoms with Gasteiger partial charge in [0.15, 0.2) is 0 Å². The van der Waals surface area contributed by atoms with E-state index in [1.807, 2.05) is 13.0 Å². The van der Waals surface area contributed by atoms with E-state index < -0.39 is 13.3 Å². The first-order chi connectivity index (χ1) is 5.41. The van der Waals surface area contributed by atoms with Gasteiger partial charge < -0.3 is 0 Å². The van der Waals surface area contributed by atoms with E-state index in [1.165, 1.54) is 9.96 Å². The van der Waals surface area contributed by atoms with Gasteiger partial charge in [-0.2, -0.15) is 0 Å². The molecule has 1 rings (SSSR count). The second-order valence-corrected chi connectivity index (χ2v) is 14.6. The van der Waals surface area contributed by atoms with E-state index in [1.54, 1.807) is 0 Å².